The molecular formula is C11H17N3O3S. The van der Waals surface area contributed by atoms with E-state index in [0.29, 0.717) is 24.0 Å². The highest BCUT2D eigenvalue weighted by Gasteiger charge is 2.29. The lowest BCUT2D eigenvalue weighted by atomic mass is 10.3. The maximum absolute atomic E-state index is 11.6. The van der Waals surface area contributed by atoms with Gasteiger partial charge >= 0.3 is 6.01 Å². The lowest BCUT2D eigenvalue weighted by Crippen LogP contribution is -2.16. The molecule has 100 valence electrons. The molecule has 1 amide bonds. The van der Waals surface area contributed by atoms with E-state index in [2.05, 4.69) is 15.5 Å². The third-order valence-corrected chi connectivity index (χ3v) is 3.88. The van der Waals surface area contributed by atoms with Gasteiger partial charge in [0, 0.05) is 17.8 Å². The first-order valence-corrected chi connectivity index (χ1v) is 7.09. The average Bonchev–Trinajstić information content (AvgIpc) is 3.09. The Morgan fingerprint density at radius 2 is 2.39 bits per heavy atom. The molecule has 2 rings (SSSR count). The SMILES string of the molecule is CC(CCO)SCC(=O)Nc1nnc(C2CC2)o1. The third kappa shape index (κ3) is 3.99. The number of anilines is 1. The van der Waals surface area contributed by atoms with Crippen molar-refractivity contribution in [3.8, 4) is 0 Å². The Hall–Kier alpha value is -1.08. The van der Waals surface area contributed by atoms with Crippen LogP contribution in [0.5, 0.6) is 0 Å². The highest BCUT2D eigenvalue weighted by molar-refractivity contribution is 8.00. The number of hydrogen-bond acceptors (Lipinski definition) is 6. The number of nitrogens with zero attached hydrogens (tertiary/aromatic N) is 2. The first-order valence-electron chi connectivity index (χ1n) is 6.04. The molecule has 1 saturated carbocycles. The number of aliphatic hydroxyl groups excluding tert-OH is 1. The minimum Gasteiger partial charge on any atom is -0.408 e. The highest BCUT2D eigenvalue weighted by atomic mass is 32.2. The molecule has 7 heteroatoms. The summed E-state index contributed by atoms with van der Waals surface area (Å²) in [6.07, 6.45) is 2.86. The summed E-state index contributed by atoms with van der Waals surface area (Å²) in [7, 11) is 0. The second-order valence-electron chi connectivity index (χ2n) is 4.40. The van der Waals surface area contributed by atoms with Crippen LogP contribution in [0, 0.1) is 0 Å². The molecule has 6 nitrogen and oxygen atoms in total. The molecule has 1 atom stereocenters. The lowest BCUT2D eigenvalue weighted by Gasteiger charge is -2.07. The zero-order valence-electron chi connectivity index (χ0n) is 10.3. The monoisotopic (exact) mass is 271 g/mol. The number of carbonyl (C=O) groups is 1. The standard InChI is InChI=1S/C11H17N3O3S/c1-7(4-5-15)18-6-9(16)12-11-14-13-10(17-11)8-2-3-8/h7-8,15H,2-6H2,1H3,(H,12,14,16). The summed E-state index contributed by atoms with van der Waals surface area (Å²) < 4.78 is 5.33. The number of thioether (sulfide) groups is 1. The fourth-order valence-corrected chi connectivity index (χ4v) is 2.20. The smallest absolute Gasteiger partial charge is 0.322 e. The normalized spacial score (nSPS) is 16.6. The number of aliphatic hydroxyl groups is 1. The van der Waals surface area contributed by atoms with Crippen molar-refractivity contribution < 1.29 is 14.3 Å². The van der Waals surface area contributed by atoms with Crippen LogP contribution in [0.4, 0.5) is 6.01 Å². The summed E-state index contributed by atoms with van der Waals surface area (Å²) in [6, 6.07) is 0.178. The van der Waals surface area contributed by atoms with Crippen molar-refractivity contribution in [3.63, 3.8) is 0 Å². The lowest BCUT2D eigenvalue weighted by molar-refractivity contribution is -0.113. The second-order valence-corrected chi connectivity index (χ2v) is 5.83. The first-order chi connectivity index (χ1) is 8.69. The first kappa shape index (κ1) is 13.4. The third-order valence-electron chi connectivity index (χ3n) is 2.65. The van der Waals surface area contributed by atoms with Crippen molar-refractivity contribution >= 4 is 23.7 Å². The molecule has 0 aliphatic heterocycles. The Morgan fingerprint density at radius 3 is 3.06 bits per heavy atom. The summed E-state index contributed by atoms with van der Waals surface area (Å²) in [6.45, 7) is 2.12. The number of aromatic nitrogens is 2. The Kier molecular flexibility index (Phi) is 4.60. The molecule has 1 heterocycles. The van der Waals surface area contributed by atoms with Crippen LogP contribution in [0.1, 0.15) is 38.0 Å². The Morgan fingerprint density at radius 1 is 1.61 bits per heavy atom. The van der Waals surface area contributed by atoms with Gasteiger partial charge in [0.2, 0.25) is 11.8 Å². The number of rotatable bonds is 7. The van der Waals surface area contributed by atoms with E-state index >= 15 is 0 Å². The van der Waals surface area contributed by atoms with Crippen LogP contribution < -0.4 is 5.32 Å². The zero-order valence-corrected chi connectivity index (χ0v) is 11.1. The van der Waals surface area contributed by atoms with Crippen LogP contribution in [-0.4, -0.2) is 38.8 Å². The summed E-state index contributed by atoms with van der Waals surface area (Å²) in [5, 5.41) is 19.3. The number of carbonyl (C=O) groups excluding carboxylic acids is 1. The van der Waals surface area contributed by atoms with Crippen molar-refractivity contribution in [2.24, 2.45) is 0 Å². The molecule has 0 bridgehead atoms. The highest BCUT2D eigenvalue weighted by Crippen LogP contribution is 2.39. The maximum Gasteiger partial charge on any atom is 0.322 e. The zero-order chi connectivity index (χ0) is 13.0. The molecule has 1 aliphatic rings. The van der Waals surface area contributed by atoms with Crippen molar-refractivity contribution in [1.29, 1.82) is 0 Å². The average molecular weight is 271 g/mol. The van der Waals surface area contributed by atoms with Gasteiger partial charge in [0.05, 0.1) is 5.75 Å². The minimum absolute atomic E-state index is 0.143. The number of amides is 1. The van der Waals surface area contributed by atoms with Gasteiger partial charge < -0.3 is 9.52 Å². The van der Waals surface area contributed by atoms with Crippen molar-refractivity contribution in [2.75, 3.05) is 17.7 Å². The van der Waals surface area contributed by atoms with Crippen LogP contribution in [0.15, 0.2) is 4.42 Å². The molecule has 1 aromatic rings. The van der Waals surface area contributed by atoms with Crippen molar-refractivity contribution in [2.45, 2.75) is 37.4 Å². The molecular weight excluding hydrogens is 254 g/mol. The van der Waals surface area contributed by atoms with Crippen LogP contribution in [0.2, 0.25) is 0 Å². The molecule has 18 heavy (non-hydrogen) atoms. The van der Waals surface area contributed by atoms with E-state index in [1.807, 2.05) is 6.92 Å². The van der Waals surface area contributed by atoms with Gasteiger partial charge in [-0.3, -0.25) is 10.1 Å². The van der Waals surface area contributed by atoms with E-state index in [1.54, 1.807) is 0 Å². The van der Waals surface area contributed by atoms with Crippen LogP contribution in [-0.2, 0) is 4.79 Å². The molecule has 0 radical (unpaired) electrons. The van der Waals surface area contributed by atoms with Gasteiger partial charge in [-0.2, -0.15) is 0 Å². The summed E-state index contributed by atoms with van der Waals surface area (Å²) in [5.41, 5.74) is 0. The van der Waals surface area contributed by atoms with Gasteiger partial charge in [-0.1, -0.05) is 12.0 Å². The van der Waals surface area contributed by atoms with Crippen molar-refractivity contribution in [1.82, 2.24) is 10.2 Å². The molecule has 1 unspecified atom stereocenters. The van der Waals surface area contributed by atoms with E-state index in [1.165, 1.54) is 11.8 Å². The second kappa shape index (κ2) is 6.19. The van der Waals surface area contributed by atoms with Gasteiger partial charge in [-0.15, -0.1) is 16.9 Å². The number of nitrogens with one attached hydrogen (secondary N) is 1. The fourth-order valence-electron chi connectivity index (χ4n) is 1.42. The van der Waals surface area contributed by atoms with E-state index < -0.39 is 0 Å². The van der Waals surface area contributed by atoms with E-state index in [9.17, 15) is 4.79 Å². The van der Waals surface area contributed by atoms with E-state index in [-0.39, 0.29) is 23.8 Å². The van der Waals surface area contributed by atoms with Crippen molar-refractivity contribution in [3.05, 3.63) is 5.89 Å². The van der Waals surface area contributed by atoms with E-state index in [0.717, 1.165) is 12.8 Å². The Balaban J connectivity index is 1.72. The predicted molar refractivity (Wildman–Crippen MR) is 68.5 cm³/mol. The summed E-state index contributed by atoms with van der Waals surface area (Å²) >= 11 is 1.49. The Bertz CT molecular complexity index is 406. The molecule has 0 spiro atoms. The molecule has 0 aromatic carbocycles. The molecule has 1 aromatic heterocycles. The van der Waals surface area contributed by atoms with Crippen LogP contribution in [0.3, 0.4) is 0 Å². The fraction of sp³-hybridized carbons (Fsp3) is 0.727. The van der Waals surface area contributed by atoms with Gasteiger partial charge in [0.25, 0.3) is 0 Å². The van der Waals surface area contributed by atoms with E-state index in [4.69, 9.17) is 9.52 Å². The topological polar surface area (TPSA) is 88.2 Å². The largest absolute Gasteiger partial charge is 0.408 e. The molecule has 1 fully saturated rings. The summed E-state index contributed by atoms with van der Waals surface area (Å²) in [4.78, 5) is 11.6. The maximum atomic E-state index is 11.6. The minimum atomic E-state index is -0.157. The van der Waals surface area contributed by atoms with Crippen LogP contribution in [0.25, 0.3) is 0 Å². The molecule has 0 saturated heterocycles. The van der Waals surface area contributed by atoms with Crippen LogP contribution >= 0.6 is 11.8 Å². The quantitative estimate of drug-likeness (QED) is 0.779. The van der Waals surface area contributed by atoms with Gasteiger partial charge in [-0.05, 0) is 19.3 Å². The molecule has 1 aliphatic carbocycles. The number of hydrogen-bond donors (Lipinski definition) is 2. The summed E-state index contributed by atoms with van der Waals surface area (Å²) in [5.74, 6) is 1.17. The predicted octanol–water partition coefficient (Wildman–Crippen LogP) is 1.39. The van der Waals surface area contributed by atoms with Gasteiger partial charge in [-0.25, -0.2) is 0 Å². The van der Waals surface area contributed by atoms with Gasteiger partial charge in [0.1, 0.15) is 0 Å². The van der Waals surface area contributed by atoms with Gasteiger partial charge in [0.15, 0.2) is 0 Å². The molecule has 2 N–H and O–H groups in total. The Labute approximate surface area is 110 Å².